The van der Waals surface area contributed by atoms with Gasteiger partial charge in [-0.25, -0.2) is 0 Å². The lowest BCUT2D eigenvalue weighted by Crippen LogP contribution is -1.87. The molecule has 0 saturated heterocycles. The van der Waals surface area contributed by atoms with Crippen LogP contribution in [0.25, 0.3) is 0 Å². The van der Waals surface area contributed by atoms with Gasteiger partial charge in [0.1, 0.15) is 0 Å². The van der Waals surface area contributed by atoms with Crippen LogP contribution < -0.4 is 0 Å². The van der Waals surface area contributed by atoms with Crippen LogP contribution >= 0.6 is 11.6 Å². The normalized spacial score (nSPS) is 9.40. The Labute approximate surface area is 62.4 Å². The smallest absolute Gasteiger partial charge is 0.255 e. The van der Waals surface area contributed by atoms with Crippen molar-refractivity contribution in [1.82, 2.24) is 0 Å². The molecule has 0 bridgehead atoms. The first-order chi connectivity index (χ1) is 4.70. The zero-order chi connectivity index (χ0) is 7.56. The number of benzene rings is 1. The Bertz CT molecular complexity index is 242. The fourth-order valence-electron chi connectivity index (χ4n) is 0.581. The highest BCUT2D eigenvalue weighted by molar-refractivity contribution is 6.30. The van der Waals surface area contributed by atoms with Crippen LogP contribution in [0.1, 0.15) is 10.4 Å². The Morgan fingerprint density at radius 2 is 1.80 bits per heavy atom. The minimum atomic E-state index is -1.43. The number of carbonyl (C=O) groups is 1. The number of rotatable bonds is 1. The monoisotopic (exact) mass is 158 g/mol. The summed E-state index contributed by atoms with van der Waals surface area (Å²) in [7, 11) is 0. The number of hydrogen-bond acceptors (Lipinski definition) is 1. The summed E-state index contributed by atoms with van der Waals surface area (Å²) in [4.78, 5) is 10.0. The van der Waals surface area contributed by atoms with Gasteiger partial charge in [0.05, 0.1) is 5.56 Å². The van der Waals surface area contributed by atoms with Crippen molar-refractivity contribution in [3.05, 3.63) is 34.9 Å². The maximum atomic E-state index is 11.9. The summed E-state index contributed by atoms with van der Waals surface area (Å²) in [6.07, 6.45) is 0. The largest absolute Gasteiger partial charge is 0.332 e. The zero-order valence-electron chi connectivity index (χ0n) is 4.97. The third-order valence-corrected chi connectivity index (χ3v) is 1.32. The highest BCUT2D eigenvalue weighted by atomic mass is 35.5. The molecule has 1 nitrogen and oxygen atoms in total. The van der Waals surface area contributed by atoms with E-state index in [0.717, 1.165) is 0 Å². The van der Waals surface area contributed by atoms with E-state index in [0.29, 0.717) is 5.02 Å². The Balaban J connectivity index is 3.00. The van der Waals surface area contributed by atoms with E-state index in [1.54, 1.807) is 0 Å². The van der Waals surface area contributed by atoms with Crippen LogP contribution in [-0.4, -0.2) is 6.04 Å². The lowest BCUT2D eigenvalue weighted by atomic mass is 10.2. The Morgan fingerprint density at radius 3 is 2.20 bits per heavy atom. The second-order valence-corrected chi connectivity index (χ2v) is 2.22. The molecule has 0 N–H and O–H groups in total. The lowest BCUT2D eigenvalue weighted by molar-refractivity contribution is 0.0836. The second kappa shape index (κ2) is 2.80. The molecule has 0 atom stereocenters. The molecule has 1 rings (SSSR count). The van der Waals surface area contributed by atoms with Crippen molar-refractivity contribution in [2.24, 2.45) is 0 Å². The fraction of sp³-hybridized carbons (Fsp3) is 0. The molecule has 0 fully saturated rings. The lowest BCUT2D eigenvalue weighted by Gasteiger charge is -1.90. The summed E-state index contributed by atoms with van der Waals surface area (Å²) in [6, 6.07) is 4.18. The first-order valence-electron chi connectivity index (χ1n) is 2.65. The summed E-state index contributed by atoms with van der Waals surface area (Å²) in [5.74, 6) is 0. The van der Waals surface area contributed by atoms with E-state index in [-0.39, 0.29) is 5.56 Å². The fourth-order valence-corrected chi connectivity index (χ4v) is 0.707. The molecule has 0 aliphatic rings. The standard InChI is InChI=1S/C7H4ClFO/c8-6-3-1-5(2-4-6)7(9)10/h1-4H. The highest BCUT2D eigenvalue weighted by Crippen LogP contribution is 2.09. The molecule has 52 valence electrons. The first-order valence-corrected chi connectivity index (χ1v) is 3.03. The van der Waals surface area contributed by atoms with Crippen molar-refractivity contribution in [1.29, 1.82) is 0 Å². The average molecular weight is 159 g/mol. The van der Waals surface area contributed by atoms with Gasteiger partial charge in [-0.15, -0.1) is 0 Å². The number of halogens is 2. The third-order valence-electron chi connectivity index (χ3n) is 1.07. The molecule has 3 heteroatoms. The summed E-state index contributed by atoms with van der Waals surface area (Å²) in [5.41, 5.74) is 0.0319. The van der Waals surface area contributed by atoms with Gasteiger partial charge in [-0.3, -0.25) is 4.79 Å². The van der Waals surface area contributed by atoms with E-state index in [9.17, 15) is 9.18 Å². The molecule has 0 aliphatic carbocycles. The Morgan fingerprint density at radius 1 is 1.30 bits per heavy atom. The van der Waals surface area contributed by atoms with Gasteiger partial charge in [0.15, 0.2) is 0 Å². The van der Waals surface area contributed by atoms with Gasteiger partial charge in [-0.2, -0.15) is 4.39 Å². The minimum Gasteiger partial charge on any atom is -0.255 e. The number of hydrogen-bond donors (Lipinski definition) is 0. The van der Waals surface area contributed by atoms with E-state index in [2.05, 4.69) is 0 Å². The SMILES string of the molecule is O=C(F)c1ccc(Cl)cc1. The quantitative estimate of drug-likeness (QED) is 0.574. The van der Waals surface area contributed by atoms with Crippen LogP contribution in [0.2, 0.25) is 5.02 Å². The minimum absolute atomic E-state index is 0.0319. The van der Waals surface area contributed by atoms with Crippen LogP contribution in [0.4, 0.5) is 4.39 Å². The van der Waals surface area contributed by atoms with Gasteiger partial charge in [0.2, 0.25) is 0 Å². The van der Waals surface area contributed by atoms with Crippen molar-refractivity contribution in [3.63, 3.8) is 0 Å². The number of carbonyl (C=O) groups excluding carboxylic acids is 1. The van der Waals surface area contributed by atoms with Crippen LogP contribution in [0.15, 0.2) is 24.3 Å². The van der Waals surface area contributed by atoms with Gasteiger partial charge < -0.3 is 0 Å². The van der Waals surface area contributed by atoms with Gasteiger partial charge in [-0.1, -0.05) is 11.6 Å². The zero-order valence-corrected chi connectivity index (χ0v) is 5.73. The molecule has 0 unspecified atom stereocenters. The van der Waals surface area contributed by atoms with Crippen molar-refractivity contribution >= 4 is 17.6 Å². The summed E-state index contributed by atoms with van der Waals surface area (Å²) < 4.78 is 11.9. The van der Waals surface area contributed by atoms with Gasteiger partial charge >= 0.3 is 6.04 Å². The van der Waals surface area contributed by atoms with E-state index in [1.807, 2.05) is 0 Å². The maximum absolute atomic E-state index is 11.9. The maximum Gasteiger partial charge on any atom is 0.332 e. The molecule has 0 aliphatic heterocycles. The van der Waals surface area contributed by atoms with Crippen molar-refractivity contribution in [2.75, 3.05) is 0 Å². The predicted molar refractivity (Wildman–Crippen MR) is 36.9 cm³/mol. The highest BCUT2D eigenvalue weighted by Gasteiger charge is 2.00. The van der Waals surface area contributed by atoms with Gasteiger partial charge in [-0.05, 0) is 24.3 Å². The summed E-state index contributed by atoms with van der Waals surface area (Å²) in [5, 5.41) is 0.491. The van der Waals surface area contributed by atoms with Gasteiger partial charge in [0.25, 0.3) is 0 Å². The average Bonchev–Trinajstić information content (AvgIpc) is 1.88. The van der Waals surface area contributed by atoms with Crippen molar-refractivity contribution in [2.45, 2.75) is 0 Å². The van der Waals surface area contributed by atoms with E-state index < -0.39 is 6.04 Å². The molecule has 0 heterocycles. The molecule has 10 heavy (non-hydrogen) atoms. The molecule has 0 saturated carbocycles. The molecule has 1 aromatic rings. The van der Waals surface area contributed by atoms with Crippen LogP contribution in [0.3, 0.4) is 0 Å². The predicted octanol–water partition coefficient (Wildman–Crippen LogP) is 2.45. The topological polar surface area (TPSA) is 17.1 Å². The van der Waals surface area contributed by atoms with Crippen LogP contribution in [0.5, 0.6) is 0 Å². The van der Waals surface area contributed by atoms with Crippen molar-refractivity contribution in [3.8, 4) is 0 Å². The van der Waals surface area contributed by atoms with E-state index in [4.69, 9.17) is 11.6 Å². The van der Waals surface area contributed by atoms with E-state index >= 15 is 0 Å². The third kappa shape index (κ3) is 1.54. The van der Waals surface area contributed by atoms with Gasteiger partial charge in [0, 0.05) is 5.02 Å². The van der Waals surface area contributed by atoms with E-state index in [1.165, 1.54) is 24.3 Å². The molecule has 0 spiro atoms. The summed E-state index contributed by atoms with van der Waals surface area (Å²) in [6.45, 7) is 0. The molecule has 0 aromatic heterocycles. The second-order valence-electron chi connectivity index (χ2n) is 1.78. The Kier molecular flexibility index (Phi) is 2.02. The molecule has 1 aromatic carbocycles. The van der Waals surface area contributed by atoms with Crippen LogP contribution in [0, 0.1) is 0 Å². The Hall–Kier alpha value is -0.890. The van der Waals surface area contributed by atoms with Crippen LogP contribution in [-0.2, 0) is 0 Å². The first kappa shape index (κ1) is 7.22. The van der Waals surface area contributed by atoms with Crippen molar-refractivity contribution < 1.29 is 9.18 Å². The molecule has 0 amide bonds. The molecular formula is C7H4ClFO. The molecular weight excluding hydrogens is 155 g/mol. The molecule has 0 radical (unpaired) electrons. The summed E-state index contributed by atoms with van der Waals surface area (Å²) >= 11 is 5.48.